The number of nitrogens with one attached hydrogen (secondary N) is 3. The Labute approximate surface area is 172 Å². The van der Waals surface area contributed by atoms with Gasteiger partial charge >= 0.3 is 5.69 Å². The van der Waals surface area contributed by atoms with Crippen LogP contribution >= 0.6 is 0 Å². The van der Waals surface area contributed by atoms with E-state index >= 15 is 0 Å². The maximum Gasteiger partial charge on any atom is 0.325 e. The fourth-order valence-corrected chi connectivity index (χ4v) is 5.26. The van der Waals surface area contributed by atoms with E-state index in [2.05, 4.69) is 10.3 Å². The van der Waals surface area contributed by atoms with Gasteiger partial charge in [-0.3, -0.25) is 14.6 Å². The third kappa shape index (κ3) is 4.85. The van der Waals surface area contributed by atoms with Crippen LogP contribution in [0, 0.1) is 18.7 Å². The molecule has 2 heterocycles. The number of hydrogen-bond acceptors (Lipinski definition) is 5. The van der Waals surface area contributed by atoms with Crippen LogP contribution in [0.3, 0.4) is 0 Å². The molecular formula is C19H23FN4O5S. The van der Waals surface area contributed by atoms with Crippen LogP contribution < -0.4 is 16.6 Å². The van der Waals surface area contributed by atoms with Gasteiger partial charge in [0.1, 0.15) is 5.82 Å². The zero-order valence-corrected chi connectivity index (χ0v) is 17.2. The lowest BCUT2D eigenvalue weighted by Crippen LogP contribution is -2.47. The van der Waals surface area contributed by atoms with Gasteiger partial charge in [-0.05, 0) is 43.9 Å². The Balaban J connectivity index is 1.65. The molecule has 0 bridgehead atoms. The van der Waals surface area contributed by atoms with Crippen LogP contribution in [0.4, 0.5) is 4.39 Å². The van der Waals surface area contributed by atoms with Crippen LogP contribution in [0.15, 0.2) is 38.8 Å². The smallest absolute Gasteiger partial charge is 0.325 e. The summed E-state index contributed by atoms with van der Waals surface area (Å²) in [6, 6.07) is 5.98. The van der Waals surface area contributed by atoms with Gasteiger partial charge in [-0.1, -0.05) is 12.1 Å². The monoisotopic (exact) mass is 438 g/mol. The number of sulfonamides is 1. The van der Waals surface area contributed by atoms with Crippen molar-refractivity contribution in [2.75, 3.05) is 19.6 Å². The van der Waals surface area contributed by atoms with Crippen molar-refractivity contribution in [2.45, 2.75) is 31.1 Å². The van der Waals surface area contributed by atoms with Crippen molar-refractivity contribution in [3.05, 3.63) is 62.2 Å². The van der Waals surface area contributed by atoms with Crippen LogP contribution in [-0.2, 0) is 21.2 Å². The average molecular weight is 438 g/mol. The van der Waals surface area contributed by atoms with E-state index in [4.69, 9.17) is 0 Å². The maximum absolute atomic E-state index is 13.0. The summed E-state index contributed by atoms with van der Waals surface area (Å²) < 4.78 is 40.0. The van der Waals surface area contributed by atoms with Gasteiger partial charge in [-0.2, -0.15) is 4.31 Å². The van der Waals surface area contributed by atoms with Crippen LogP contribution in [0.1, 0.15) is 24.1 Å². The minimum atomic E-state index is -4.17. The molecule has 0 saturated carbocycles. The summed E-state index contributed by atoms with van der Waals surface area (Å²) in [5, 5.41) is 2.79. The summed E-state index contributed by atoms with van der Waals surface area (Å²) in [5.41, 5.74) is -0.942. The standard InChI is InChI=1S/C19H23FN4O5S/c1-12-16(18(26)23-19(27)22-12)30(28,29)24-10-2-3-14(11-24)17(25)21-9-8-13-4-6-15(20)7-5-13/h4-7,14H,2-3,8-11H2,1H3,(H,21,25)(H2,22,23,26,27). The molecule has 162 valence electrons. The highest BCUT2D eigenvalue weighted by Crippen LogP contribution is 2.23. The largest absolute Gasteiger partial charge is 0.355 e. The fraction of sp³-hybridized carbons (Fsp3) is 0.421. The quantitative estimate of drug-likeness (QED) is 0.596. The summed E-state index contributed by atoms with van der Waals surface area (Å²) in [4.78, 5) is 39.6. The summed E-state index contributed by atoms with van der Waals surface area (Å²) >= 11 is 0. The molecule has 0 radical (unpaired) electrons. The van der Waals surface area contributed by atoms with Gasteiger partial charge in [0.05, 0.1) is 5.92 Å². The second-order valence-electron chi connectivity index (χ2n) is 7.23. The van der Waals surface area contributed by atoms with E-state index in [1.807, 2.05) is 4.98 Å². The number of rotatable bonds is 6. The Kier molecular flexibility index (Phi) is 6.52. The molecule has 0 spiro atoms. The predicted octanol–water partition coefficient (Wildman–Crippen LogP) is 0.270. The van der Waals surface area contributed by atoms with Gasteiger partial charge in [-0.25, -0.2) is 17.6 Å². The Morgan fingerprint density at radius 3 is 2.60 bits per heavy atom. The zero-order chi connectivity index (χ0) is 21.9. The first-order chi connectivity index (χ1) is 14.2. The number of benzene rings is 1. The van der Waals surface area contributed by atoms with Crippen molar-refractivity contribution >= 4 is 15.9 Å². The minimum Gasteiger partial charge on any atom is -0.355 e. The highest BCUT2D eigenvalue weighted by molar-refractivity contribution is 7.89. The summed E-state index contributed by atoms with van der Waals surface area (Å²) in [5.74, 6) is -1.16. The number of aromatic nitrogens is 2. The minimum absolute atomic E-state index is 0.0466. The number of carbonyl (C=O) groups excluding carboxylic acids is 1. The molecule has 9 nitrogen and oxygen atoms in total. The van der Waals surface area contributed by atoms with E-state index in [0.717, 1.165) is 9.87 Å². The van der Waals surface area contributed by atoms with E-state index in [1.165, 1.54) is 19.1 Å². The molecule has 30 heavy (non-hydrogen) atoms. The summed E-state index contributed by atoms with van der Waals surface area (Å²) in [6.07, 6.45) is 1.51. The number of piperidine rings is 1. The molecule has 1 saturated heterocycles. The molecule has 1 aliphatic heterocycles. The molecule has 3 N–H and O–H groups in total. The second kappa shape index (κ2) is 8.92. The first kappa shape index (κ1) is 21.9. The third-order valence-electron chi connectivity index (χ3n) is 5.05. The normalized spacial score (nSPS) is 17.6. The predicted molar refractivity (Wildman–Crippen MR) is 107 cm³/mol. The molecule has 1 amide bonds. The fourth-order valence-electron chi connectivity index (χ4n) is 3.53. The Morgan fingerprint density at radius 2 is 1.93 bits per heavy atom. The van der Waals surface area contributed by atoms with Gasteiger partial charge < -0.3 is 10.3 Å². The Morgan fingerprint density at radius 1 is 1.23 bits per heavy atom. The van der Waals surface area contributed by atoms with Gasteiger partial charge in [0, 0.05) is 25.3 Å². The molecule has 1 unspecified atom stereocenters. The van der Waals surface area contributed by atoms with E-state index in [1.54, 1.807) is 12.1 Å². The lowest BCUT2D eigenvalue weighted by atomic mass is 9.99. The molecule has 11 heteroatoms. The van der Waals surface area contributed by atoms with Crippen LogP contribution in [0.5, 0.6) is 0 Å². The lowest BCUT2D eigenvalue weighted by Gasteiger charge is -2.31. The van der Waals surface area contributed by atoms with Crippen molar-refractivity contribution in [3.8, 4) is 0 Å². The number of halogens is 1. The van der Waals surface area contributed by atoms with E-state index in [-0.39, 0.29) is 30.5 Å². The van der Waals surface area contributed by atoms with E-state index in [0.29, 0.717) is 25.8 Å². The van der Waals surface area contributed by atoms with Gasteiger partial charge in [0.2, 0.25) is 15.9 Å². The maximum atomic E-state index is 13.0. The number of nitrogens with zero attached hydrogens (tertiary/aromatic N) is 1. The van der Waals surface area contributed by atoms with Crippen molar-refractivity contribution in [2.24, 2.45) is 5.92 Å². The molecule has 1 aliphatic rings. The van der Waals surface area contributed by atoms with Crippen molar-refractivity contribution in [1.82, 2.24) is 19.6 Å². The molecule has 2 aromatic rings. The van der Waals surface area contributed by atoms with E-state index in [9.17, 15) is 27.2 Å². The summed E-state index contributed by atoms with van der Waals surface area (Å²) in [7, 11) is -4.17. The van der Waals surface area contributed by atoms with Crippen LogP contribution in [-0.4, -0.2) is 48.2 Å². The van der Waals surface area contributed by atoms with Crippen molar-refractivity contribution < 1.29 is 17.6 Å². The summed E-state index contributed by atoms with van der Waals surface area (Å²) in [6.45, 7) is 1.81. The number of hydrogen-bond donors (Lipinski definition) is 3. The number of aryl methyl sites for hydroxylation is 1. The van der Waals surface area contributed by atoms with Crippen molar-refractivity contribution in [3.63, 3.8) is 0 Å². The zero-order valence-electron chi connectivity index (χ0n) is 16.4. The number of amides is 1. The highest BCUT2D eigenvalue weighted by Gasteiger charge is 2.35. The molecule has 1 aromatic heterocycles. The topological polar surface area (TPSA) is 132 Å². The number of aromatic amines is 2. The van der Waals surface area contributed by atoms with Crippen LogP contribution in [0.25, 0.3) is 0 Å². The number of H-pyrrole nitrogens is 2. The first-order valence-electron chi connectivity index (χ1n) is 9.54. The molecular weight excluding hydrogens is 415 g/mol. The van der Waals surface area contributed by atoms with Gasteiger partial charge in [0.15, 0.2) is 4.90 Å². The third-order valence-corrected chi connectivity index (χ3v) is 7.07. The Hall–Kier alpha value is -2.79. The lowest BCUT2D eigenvalue weighted by molar-refractivity contribution is -0.126. The molecule has 1 aromatic carbocycles. The van der Waals surface area contributed by atoms with Gasteiger partial charge in [-0.15, -0.1) is 0 Å². The first-order valence-corrected chi connectivity index (χ1v) is 11.0. The van der Waals surface area contributed by atoms with Gasteiger partial charge in [0.25, 0.3) is 5.56 Å². The van der Waals surface area contributed by atoms with Crippen LogP contribution in [0.2, 0.25) is 0 Å². The Bertz CT molecular complexity index is 1140. The molecule has 3 rings (SSSR count). The molecule has 0 aliphatic carbocycles. The number of carbonyl (C=O) groups is 1. The average Bonchev–Trinajstić information content (AvgIpc) is 2.68. The molecule has 1 atom stereocenters. The second-order valence-corrected chi connectivity index (χ2v) is 9.11. The van der Waals surface area contributed by atoms with E-state index < -0.39 is 32.1 Å². The molecule has 1 fully saturated rings. The van der Waals surface area contributed by atoms with Crippen molar-refractivity contribution in [1.29, 1.82) is 0 Å². The SMILES string of the molecule is Cc1[nH]c(=O)[nH]c(=O)c1S(=O)(=O)N1CCCC(C(=O)NCCc2ccc(F)cc2)C1. The highest BCUT2D eigenvalue weighted by atomic mass is 32.2.